The molecule has 0 aliphatic carbocycles. The van der Waals surface area contributed by atoms with Crippen LogP contribution in [0.4, 0.5) is 10.1 Å². The van der Waals surface area contributed by atoms with Crippen molar-refractivity contribution < 1.29 is 4.39 Å². The number of nitrogen functional groups attached to an aromatic ring is 1. The van der Waals surface area contributed by atoms with Crippen LogP contribution in [-0.4, -0.2) is 20.2 Å². The monoisotopic (exact) mass is 419 g/mol. The maximum absolute atomic E-state index is 13.8. The average Bonchev–Trinajstić information content (AvgIpc) is 3.42. The van der Waals surface area contributed by atoms with Crippen molar-refractivity contribution in [1.29, 1.82) is 0 Å². The maximum atomic E-state index is 13.8. The van der Waals surface area contributed by atoms with Gasteiger partial charge in [0.05, 0.1) is 16.9 Å². The number of fused-ring (bicyclic) bond motifs is 2. The second-order valence-corrected chi connectivity index (χ2v) is 7.80. The summed E-state index contributed by atoms with van der Waals surface area (Å²) in [6.45, 7) is 0. The third kappa shape index (κ3) is 3.01. The highest BCUT2D eigenvalue weighted by atomic mass is 19.1. The van der Waals surface area contributed by atoms with Gasteiger partial charge in [0, 0.05) is 34.2 Å². The van der Waals surface area contributed by atoms with Crippen LogP contribution >= 0.6 is 0 Å². The second kappa shape index (κ2) is 7.06. The predicted octanol–water partition coefficient (Wildman–Crippen LogP) is 6.16. The lowest BCUT2D eigenvalue weighted by molar-refractivity contribution is 0.628. The molecule has 3 aromatic carbocycles. The van der Waals surface area contributed by atoms with Crippen LogP contribution in [0.15, 0.2) is 85.2 Å². The van der Waals surface area contributed by atoms with Gasteiger partial charge in [0.1, 0.15) is 11.5 Å². The molecule has 0 amide bonds. The number of halogens is 1. The van der Waals surface area contributed by atoms with Gasteiger partial charge in [-0.2, -0.15) is 5.10 Å². The number of benzene rings is 3. The number of nitrogens with two attached hydrogens (primary N) is 1. The lowest BCUT2D eigenvalue weighted by atomic mass is 10.0. The molecule has 6 heteroatoms. The van der Waals surface area contributed by atoms with Gasteiger partial charge >= 0.3 is 0 Å². The van der Waals surface area contributed by atoms with Crippen LogP contribution in [0.1, 0.15) is 0 Å². The Kier molecular flexibility index (Phi) is 4.04. The summed E-state index contributed by atoms with van der Waals surface area (Å²) < 4.78 is 13.8. The van der Waals surface area contributed by atoms with Crippen molar-refractivity contribution in [2.45, 2.75) is 0 Å². The molecule has 0 spiro atoms. The van der Waals surface area contributed by atoms with Gasteiger partial charge < -0.3 is 10.7 Å². The lowest BCUT2D eigenvalue weighted by Gasteiger charge is -2.03. The Morgan fingerprint density at radius 2 is 1.66 bits per heavy atom. The van der Waals surface area contributed by atoms with E-state index in [4.69, 9.17) is 5.73 Å². The van der Waals surface area contributed by atoms with E-state index in [1.165, 1.54) is 6.07 Å². The van der Waals surface area contributed by atoms with E-state index in [1.54, 1.807) is 24.5 Å². The maximum Gasteiger partial charge on any atom is 0.123 e. The van der Waals surface area contributed by atoms with Gasteiger partial charge in [-0.3, -0.25) is 10.1 Å². The molecule has 0 aliphatic rings. The molecule has 0 fully saturated rings. The zero-order chi connectivity index (χ0) is 21.7. The second-order valence-electron chi connectivity index (χ2n) is 7.80. The molecule has 0 unspecified atom stereocenters. The van der Waals surface area contributed by atoms with Crippen LogP contribution in [0, 0.1) is 5.82 Å². The van der Waals surface area contributed by atoms with E-state index in [9.17, 15) is 4.39 Å². The van der Waals surface area contributed by atoms with E-state index in [0.717, 1.165) is 55.4 Å². The highest BCUT2D eigenvalue weighted by molar-refractivity contribution is 6.01. The summed E-state index contributed by atoms with van der Waals surface area (Å²) in [5.74, 6) is -0.253. The number of nitrogens with one attached hydrogen (secondary N) is 2. The minimum Gasteiger partial charge on any atom is -0.397 e. The molecule has 6 rings (SSSR count). The van der Waals surface area contributed by atoms with Crippen molar-refractivity contribution in [2.75, 3.05) is 5.73 Å². The van der Waals surface area contributed by atoms with E-state index in [2.05, 4.69) is 32.3 Å². The number of rotatable bonds is 3. The number of pyridine rings is 1. The molecular weight excluding hydrogens is 401 g/mol. The molecule has 0 saturated carbocycles. The average molecular weight is 419 g/mol. The normalized spacial score (nSPS) is 11.4. The number of aromatic amines is 2. The van der Waals surface area contributed by atoms with Crippen LogP contribution < -0.4 is 5.73 Å². The van der Waals surface area contributed by atoms with Gasteiger partial charge in [0.15, 0.2) is 0 Å². The Morgan fingerprint density at radius 1 is 0.750 bits per heavy atom. The van der Waals surface area contributed by atoms with E-state index in [1.807, 2.05) is 42.5 Å². The van der Waals surface area contributed by atoms with E-state index < -0.39 is 0 Å². The molecule has 0 aliphatic heterocycles. The highest BCUT2D eigenvalue weighted by Crippen LogP contribution is 2.35. The summed E-state index contributed by atoms with van der Waals surface area (Å²) in [4.78, 5) is 7.68. The van der Waals surface area contributed by atoms with Crippen molar-refractivity contribution in [3.63, 3.8) is 0 Å². The van der Waals surface area contributed by atoms with Crippen molar-refractivity contribution in [3.05, 3.63) is 91.0 Å². The van der Waals surface area contributed by atoms with Crippen LogP contribution in [-0.2, 0) is 0 Å². The largest absolute Gasteiger partial charge is 0.397 e. The summed E-state index contributed by atoms with van der Waals surface area (Å²) in [7, 11) is 0. The SMILES string of the molecule is Nc1cncc(-c2ccc3[nH]nc(-c4cc5c(-c6cccc(F)c6)cccc5[nH]4)c3c2)c1. The fourth-order valence-electron chi connectivity index (χ4n) is 4.21. The molecule has 3 heterocycles. The molecule has 6 aromatic rings. The Bertz CT molecular complexity index is 1610. The Hall–Kier alpha value is -4.45. The summed E-state index contributed by atoms with van der Waals surface area (Å²) in [5.41, 5.74) is 13.9. The number of H-pyrrole nitrogens is 2. The number of aromatic nitrogens is 4. The highest BCUT2D eigenvalue weighted by Gasteiger charge is 2.14. The quantitative estimate of drug-likeness (QED) is 0.321. The van der Waals surface area contributed by atoms with Crippen LogP contribution in [0.5, 0.6) is 0 Å². The van der Waals surface area contributed by atoms with Crippen molar-refractivity contribution >= 4 is 27.5 Å². The topological polar surface area (TPSA) is 83.4 Å². The van der Waals surface area contributed by atoms with Crippen molar-refractivity contribution in [2.24, 2.45) is 0 Å². The van der Waals surface area contributed by atoms with Gasteiger partial charge in [-0.15, -0.1) is 0 Å². The van der Waals surface area contributed by atoms with Gasteiger partial charge in [-0.05, 0) is 59.2 Å². The number of anilines is 1. The number of nitrogens with zero attached hydrogens (tertiary/aromatic N) is 2. The first kappa shape index (κ1) is 18.3. The first-order valence-electron chi connectivity index (χ1n) is 10.2. The summed E-state index contributed by atoms with van der Waals surface area (Å²) in [6.07, 6.45) is 3.43. The molecule has 154 valence electrons. The van der Waals surface area contributed by atoms with Crippen LogP contribution in [0.2, 0.25) is 0 Å². The first-order valence-corrected chi connectivity index (χ1v) is 10.2. The zero-order valence-corrected chi connectivity index (χ0v) is 16.9. The molecular formula is C26H18FN5. The lowest BCUT2D eigenvalue weighted by Crippen LogP contribution is -1.87. The molecule has 0 atom stereocenters. The van der Waals surface area contributed by atoms with E-state index >= 15 is 0 Å². The van der Waals surface area contributed by atoms with Gasteiger partial charge in [0.2, 0.25) is 0 Å². The predicted molar refractivity (Wildman–Crippen MR) is 126 cm³/mol. The molecule has 0 bridgehead atoms. The smallest absolute Gasteiger partial charge is 0.123 e. The molecule has 5 nitrogen and oxygen atoms in total. The first-order chi connectivity index (χ1) is 15.7. The standard InChI is InChI=1S/C26H18FN5/c27-18-4-1-3-16(9-18)20-5-2-6-23-21(20)12-25(30-23)26-22-11-15(7-8-24(22)31-32-26)17-10-19(28)14-29-13-17/h1-14,30H,28H2,(H,31,32). The fourth-order valence-corrected chi connectivity index (χ4v) is 4.21. The van der Waals surface area contributed by atoms with Crippen LogP contribution in [0.3, 0.4) is 0 Å². The van der Waals surface area contributed by atoms with Gasteiger partial charge in [0.25, 0.3) is 0 Å². The van der Waals surface area contributed by atoms with Crippen molar-refractivity contribution in [1.82, 2.24) is 20.2 Å². The number of hydrogen-bond acceptors (Lipinski definition) is 3. The fraction of sp³-hybridized carbons (Fsp3) is 0. The summed E-state index contributed by atoms with van der Waals surface area (Å²) >= 11 is 0. The third-order valence-electron chi connectivity index (χ3n) is 5.71. The van der Waals surface area contributed by atoms with Gasteiger partial charge in [-0.1, -0.05) is 30.3 Å². The molecule has 4 N–H and O–H groups in total. The zero-order valence-electron chi connectivity index (χ0n) is 16.9. The minimum absolute atomic E-state index is 0.253. The Morgan fingerprint density at radius 3 is 2.53 bits per heavy atom. The molecule has 0 radical (unpaired) electrons. The summed E-state index contributed by atoms with van der Waals surface area (Å²) in [6, 6.07) is 22.7. The van der Waals surface area contributed by atoms with E-state index in [-0.39, 0.29) is 5.82 Å². The Balaban J connectivity index is 1.51. The molecule has 0 saturated heterocycles. The van der Waals surface area contributed by atoms with Gasteiger partial charge in [-0.25, -0.2) is 4.39 Å². The third-order valence-corrected chi connectivity index (χ3v) is 5.71. The molecule has 32 heavy (non-hydrogen) atoms. The molecule has 3 aromatic heterocycles. The Labute approximate surface area is 182 Å². The minimum atomic E-state index is -0.253. The number of hydrogen-bond donors (Lipinski definition) is 3. The van der Waals surface area contributed by atoms with Crippen LogP contribution in [0.25, 0.3) is 55.4 Å². The van der Waals surface area contributed by atoms with E-state index in [0.29, 0.717) is 5.69 Å². The van der Waals surface area contributed by atoms with Crippen molar-refractivity contribution in [3.8, 4) is 33.6 Å². The summed E-state index contributed by atoms with van der Waals surface area (Å²) in [5, 5.41) is 9.69.